The van der Waals surface area contributed by atoms with Gasteiger partial charge in [-0.1, -0.05) is 87.4 Å². The van der Waals surface area contributed by atoms with Crippen LogP contribution in [0, 0.1) is 5.92 Å². The van der Waals surface area contributed by atoms with Crippen molar-refractivity contribution in [3.63, 3.8) is 0 Å². The van der Waals surface area contributed by atoms with Crippen molar-refractivity contribution >= 4 is 18.0 Å². The Morgan fingerprint density at radius 2 is 1.24 bits per heavy atom. The van der Waals surface area contributed by atoms with Gasteiger partial charge < -0.3 is 19.5 Å². The number of carbonyl (C=O) groups is 3. The number of hydrogen-bond donors (Lipinski definition) is 1. The number of benzene rings is 2. The van der Waals surface area contributed by atoms with E-state index in [0.29, 0.717) is 12.8 Å². The predicted octanol–water partition coefficient (Wildman–Crippen LogP) is 4.78. The van der Waals surface area contributed by atoms with Gasteiger partial charge in [0.15, 0.2) is 6.04 Å². The van der Waals surface area contributed by atoms with Gasteiger partial charge in [-0.2, -0.15) is 0 Å². The highest BCUT2D eigenvalue weighted by molar-refractivity contribution is 5.82. The third-order valence-corrected chi connectivity index (χ3v) is 5.01. The van der Waals surface area contributed by atoms with Crippen LogP contribution in [0.3, 0.4) is 0 Å². The van der Waals surface area contributed by atoms with Crippen LogP contribution in [0.4, 0.5) is 4.79 Å². The van der Waals surface area contributed by atoms with Crippen LogP contribution in [0.1, 0.15) is 50.7 Å². The number of rotatable bonds is 13. The van der Waals surface area contributed by atoms with Crippen molar-refractivity contribution in [2.75, 3.05) is 6.61 Å². The molecule has 33 heavy (non-hydrogen) atoms. The Kier molecular flexibility index (Phi) is 11.5. The lowest BCUT2D eigenvalue weighted by Gasteiger charge is -2.20. The van der Waals surface area contributed by atoms with Crippen molar-refractivity contribution in [2.24, 2.45) is 5.92 Å². The van der Waals surface area contributed by atoms with Crippen molar-refractivity contribution in [1.82, 2.24) is 5.32 Å². The Labute approximate surface area is 195 Å². The summed E-state index contributed by atoms with van der Waals surface area (Å²) in [6.45, 7) is 3.78. The quantitative estimate of drug-likeness (QED) is 0.345. The lowest BCUT2D eigenvalue weighted by Crippen LogP contribution is -2.45. The summed E-state index contributed by atoms with van der Waals surface area (Å²) < 4.78 is 15.9. The van der Waals surface area contributed by atoms with Gasteiger partial charge in [-0.15, -0.1) is 0 Å². The van der Waals surface area contributed by atoms with Crippen LogP contribution >= 0.6 is 0 Å². The molecule has 0 aliphatic rings. The Morgan fingerprint density at radius 3 is 1.76 bits per heavy atom. The molecule has 2 aromatic carbocycles. The molecular weight excluding hydrogens is 422 g/mol. The lowest BCUT2D eigenvalue weighted by molar-refractivity contribution is -0.155. The smallest absolute Gasteiger partial charge is 0.408 e. The number of alkyl carbamates (subject to hydrolysis) is 1. The zero-order valence-electron chi connectivity index (χ0n) is 19.3. The van der Waals surface area contributed by atoms with E-state index in [-0.39, 0.29) is 31.7 Å². The molecule has 1 amide bonds. The normalized spacial score (nSPS) is 11.5. The number of ether oxygens (including phenoxy) is 3. The molecule has 0 bridgehead atoms. The van der Waals surface area contributed by atoms with Crippen LogP contribution in [0.25, 0.3) is 0 Å². The highest BCUT2D eigenvalue weighted by Gasteiger charge is 2.27. The topological polar surface area (TPSA) is 90.9 Å². The maximum Gasteiger partial charge on any atom is 0.408 e. The standard InChI is InChI=1S/C26H33NO6/c1-3-11-22(12-4-2)24(28)32-19-23(25(29)31-17-20-13-7-5-8-14-20)27-26(30)33-18-21-15-9-6-10-16-21/h5-10,13-16,22-23H,3-4,11-12,17-19H2,1-2H3,(H,27,30)/t23-/m0/s1. The van der Waals surface area contributed by atoms with Crippen LogP contribution in [0.15, 0.2) is 60.7 Å². The molecule has 2 aromatic rings. The van der Waals surface area contributed by atoms with Crippen molar-refractivity contribution in [3.05, 3.63) is 71.8 Å². The second-order valence-electron chi connectivity index (χ2n) is 7.76. The van der Waals surface area contributed by atoms with E-state index in [0.717, 1.165) is 24.0 Å². The lowest BCUT2D eigenvalue weighted by atomic mass is 9.99. The fraction of sp³-hybridized carbons (Fsp3) is 0.423. The summed E-state index contributed by atoms with van der Waals surface area (Å²) >= 11 is 0. The zero-order valence-corrected chi connectivity index (χ0v) is 19.3. The Bertz CT molecular complexity index is 850. The van der Waals surface area contributed by atoms with E-state index in [1.807, 2.05) is 74.5 Å². The average Bonchev–Trinajstić information content (AvgIpc) is 2.84. The highest BCUT2D eigenvalue weighted by atomic mass is 16.6. The highest BCUT2D eigenvalue weighted by Crippen LogP contribution is 2.15. The minimum atomic E-state index is -1.18. The molecule has 7 heteroatoms. The van der Waals surface area contributed by atoms with E-state index in [2.05, 4.69) is 5.32 Å². The van der Waals surface area contributed by atoms with Crippen molar-refractivity contribution < 1.29 is 28.6 Å². The molecule has 0 saturated heterocycles. The van der Waals surface area contributed by atoms with E-state index < -0.39 is 18.1 Å². The van der Waals surface area contributed by atoms with Gasteiger partial charge in [0, 0.05) is 0 Å². The van der Waals surface area contributed by atoms with Crippen LogP contribution in [-0.4, -0.2) is 30.7 Å². The number of nitrogens with one attached hydrogen (secondary N) is 1. The van der Waals surface area contributed by atoms with Gasteiger partial charge in [0.1, 0.15) is 19.8 Å². The van der Waals surface area contributed by atoms with Gasteiger partial charge in [0.05, 0.1) is 5.92 Å². The second kappa shape index (κ2) is 14.7. The van der Waals surface area contributed by atoms with Crippen LogP contribution in [0.5, 0.6) is 0 Å². The fourth-order valence-corrected chi connectivity index (χ4v) is 3.27. The maximum atomic E-state index is 12.7. The molecule has 1 N–H and O–H groups in total. The summed E-state index contributed by atoms with van der Waals surface area (Å²) in [6, 6.07) is 17.2. The molecule has 0 aromatic heterocycles. The number of carbonyl (C=O) groups excluding carboxylic acids is 3. The van der Waals surface area contributed by atoms with Gasteiger partial charge in [0.2, 0.25) is 0 Å². The molecule has 0 fully saturated rings. The Balaban J connectivity index is 1.97. The largest absolute Gasteiger partial charge is 0.463 e. The predicted molar refractivity (Wildman–Crippen MR) is 124 cm³/mol. The van der Waals surface area contributed by atoms with Gasteiger partial charge in [0.25, 0.3) is 0 Å². The summed E-state index contributed by atoms with van der Waals surface area (Å²) in [5.41, 5.74) is 1.61. The molecule has 0 saturated carbocycles. The molecule has 0 heterocycles. The zero-order chi connectivity index (χ0) is 23.9. The summed E-state index contributed by atoms with van der Waals surface area (Å²) in [5, 5.41) is 2.47. The SMILES string of the molecule is CCCC(CCC)C(=O)OC[C@H](NC(=O)OCc1ccccc1)C(=O)OCc1ccccc1. The molecule has 0 aliphatic carbocycles. The Morgan fingerprint density at radius 1 is 0.727 bits per heavy atom. The first-order chi connectivity index (χ1) is 16.0. The van der Waals surface area contributed by atoms with Gasteiger partial charge in [-0.25, -0.2) is 9.59 Å². The third kappa shape index (κ3) is 9.76. The van der Waals surface area contributed by atoms with Gasteiger partial charge in [-0.05, 0) is 24.0 Å². The summed E-state index contributed by atoms with van der Waals surface area (Å²) in [4.78, 5) is 37.5. The molecule has 7 nitrogen and oxygen atoms in total. The summed E-state index contributed by atoms with van der Waals surface area (Å²) in [6.07, 6.45) is 2.33. The van der Waals surface area contributed by atoms with Crippen molar-refractivity contribution in [2.45, 2.75) is 58.8 Å². The van der Waals surface area contributed by atoms with Crippen LogP contribution < -0.4 is 5.32 Å². The molecule has 1 atom stereocenters. The van der Waals surface area contributed by atoms with Crippen LogP contribution in [-0.2, 0) is 37.0 Å². The fourth-order valence-electron chi connectivity index (χ4n) is 3.27. The Hall–Kier alpha value is -3.35. The van der Waals surface area contributed by atoms with Crippen molar-refractivity contribution in [3.8, 4) is 0 Å². The first-order valence-electron chi connectivity index (χ1n) is 11.4. The molecular formula is C26H33NO6. The molecule has 0 aliphatic heterocycles. The molecule has 178 valence electrons. The van der Waals surface area contributed by atoms with E-state index in [1.165, 1.54) is 0 Å². The molecule has 0 radical (unpaired) electrons. The first kappa shape index (κ1) is 25.9. The van der Waals surface area contributed by atoms with Crippen molar-refractivity contribution in [1.29, 1.82) is 0 Å². The van der Waals surface area contributed by atoms with Gasteiger partial charge >= 0.3 is 18.0 Å². The minimum absolute atomic E-state index is 0.0408. The minimum Gasteiger partial charge on any atom is -0.463 e. The molecule has 0 unspecified atom stereocenters. The van der Waals surface area contributed by atoms with E-state index in [1.54, 1.807) is 0 Å². The number of amides is 1. The van der Waals surface area contributed by atoms with E-state index in [4.69, 9.17) is 14.2 Å². The second-order valence-corrected chi connectivity index (χ2v) is 7.76. The molecule has 2 rings (SSSR count). The van der Waals surface area contributed by atoms with Gasteiger partial charge in [-0.3, -0.25) is 4.79 Å². The third-order valence-electron chi connectivity index (χ3n) is 5.01. The average molecular weight is 456 g/mol. The molecule has 0 spiro atoms. The summed E-state index contributed by atoms with van der Waals surface area (Å²) in [7, 11) is 0. The van der Waals surface area contributed by atoms with Crippen LogP contribution in [0.2, 0.25) is 0 Å². The number of esters is 2. The monoisotopic (exact) mass is 455 g/mol. The van der Waals surface area contributed by atoms with E-state index in [9.17, 15) is 14.4 Å². The number of hydrogen-bond acceptors (Lipinski definition) is 6. The summed E-state index contributed by atoms with van der Waals surface area (Å²) in [5.74, 6) is -1.31. The van der Waals surface area contributed by atoms with E-state index >= 15 is 0 Å². The first-order valence-corrected chi connectivity index (χ1v) is 11.4. The maximum absolute atomic E-state index is 12.7.